The van der Waals surface area contributed by atoms with Gasteiger partial charge in [-0.3, -0.25) is 0 Å². The third kappa shape index (κ3) is 2.73. The molecule has 1 aromatic heterocycles. The van der Waals surface area contributed by atoms with Crippen LogP contribution in [0.1, 0.15) is 5.69 Å². The lowest BCUT2D eigenvalue weighted by Gasteiger charge is -2.08. The molecular weight excluding hydrogens is 314 g/mol. The van der Waals surface area contributed by atoms with E-state index in [1.165, 1.54) is 24.0 Å². The predicted molar refractivity (Wildman–Crippen MR) is 53.7 cm³/mol. The first-order valence-corrected chi connectivity index (χ1v) is 5.52. The van der Waals surface area contributed by atoms with Crippen molar-refractivity contribution < 1.29 is 13.2 Å². The summed E-state index contributed by atoms with van der Waals surface area (Å²) in [5.74, 6) is 0. The van der Waals surface area contributed by atoms with Gasteiger partial charge < -0.3 is 0 Å². The van der Waals surface area contributed by atoms with Crippen molar-refractivity contribution in [3.63, 3.8) is 0 Å². The van der Waals surface area contributed by atoms with Crippen LogP contribution < -0.4 is 0 Å². The number of pyridine rings is 1. The number of alkyl halides is 3. The van der Waals surface area contributed by atoms with Crippen molar-refractivity contribution in [2.45, 2.75) is 11.1 Å². The third-order valence-corrected chi connectivity index (χ3v) is 2.84. The number of rotatable bonds is 1. The van der Waals surface area contributed by atoms with Crippen LogP contribution in [0.3, 0.4) is 0 Å². The topological polar surface area (TPSA) is 12.9 Å². The molecule has 0 aliphatic heterocycles. The first-order valence-electron chi connectivity index (χ1n) is 3.22. The molecule has 0 bridgehead atoms. The van der Waals surface area contributed by atoms with Crippen LogP contribution >= 0.6 is 34.4 Å². The average Bonchev–Trinajstić information content (AvgIpc) is 2.01. The fourth-order valence-corrected chi connectivity index (χ4v) is 2.13. The van der Waals surface area contributed by atoms with Crippen LogP contribution in [0.25, 0.3) is 0 Å². The number of hydrogen-bond acceptors (Lipinski definition) is 2. The number of hydrogen-bond donors (Lipinski definition) is 0. The minimum atomic E-state index is -4.35. The highest BCUT2D eigenvalue weighted by atomic mass is 127. The Kier molecular flexibility index (Phi) is 3.44. The lowest BCUT2D eigenvalue weighted by Crippen LogP contribution is -2.10. The molecular formula is C7H5F3INS. The van der Waals surface area contributed by atoms with E-state index in [0.717, 1.165) is 4.90 Å². The third-order valence-electron chi connectivity index (χ3n) is 1.32. The van der Waals surface area contributed by atoms with E-state index < -0.39 is 11.9 Å². The summed E-state index contributed by atoms with van der Waals surface area (Å²) in [4.78, 5) is 4.10. The molecule has 0 unspecified atom stereocenters. The quantitative estimate of drug-likeness (QED) is 0.581. The molecule has 0 saturated carbocycles. The highest BCUT2D eigenvalue weighted by molar-refractivity contribution is 14.1. The van der Waals surface area contributed by atoms with Gasteiger partial charge in [-0.05, 0) is 34.9 Å². The first-order chi connectivity index (χ1) is 5.95. The van der Waals surface area contributed by atoms with Crippen molar-refractivity contribution >= 4 is 34.4 Å². The second-order valence-electron chi connectivity index (χ2n) is 2.20. The standard InChI is InChI=1S/C7H5F3INS/c1-13-4-2-5(11)6(12-3-4)7(8,9)10/h2-3H,1H3. The van der Waals surface area contributed by atoms with E-state index >= 15 is 0 Å². The Bertz CT molecular complexity index is 313. The number of halogens is 4. The molecule has 72 valence electrons. The van der Waals surface area contributed by atoms with Crippen molar-refractivity contribution in [2.75, 3.05) is 6.26 Å². The summed E-state index contributed by atoms with van der Waals surface area (Å²) in [6, 6.07) is 1.47. The molecule has 0 amide bonds. The van der Waals surface area contributed by atoms with Crippen LogP contribution in [0.5, 0.6) is 0 Å². The molecule has 0 atom stereocenters. The van der Waals surface area contributed by atoms with E-state index in [1.54, 1.807) is 28.8 Å². The fraction of sp³-hybridized carbons (Fsp3) is 0.286. The maximum Gasteiger partial charge on any atom is 0.434 e. The molecule has 0 spiro atoms. The van der Waals surface area contributed by atoms with Crippen molar-refractivity contribution in [3.05, 3.63) is 21.5 Å². The molecule has 0 aliphatic carbocycles. The zero-order valence-corrected chi connectivity index (χ0v) is 9.50. The molecule has 13 heavy (non-hydrogen) atoms. The van der Waals surface area contributed by atoms with E-state index in [1.807, 2.05) is 0 Å². The van der Waals surface area contributed by atoms with Crippen molar-refractivity contribution in [3.8, 4) is 0 Å². The highest BCUT2D eigenvalue weighted by Crippen LogP contribution is 2.32. The largest absolute Gasteiger partial charge is 0.434 e. The number of nitrogens with zero attached hydrogens (tertiary/aromatic N) is 1. The Balaban J connectivity index is 3.13. The van der Waals surface area contributed by atoms with Gasteiger partial charge >= 0.3 is 6.18 Å². The van der Waals surface area contributed by atoms with E-state index in [9.17, 15) is 13.2 Å². The van der Waals surface area contributed by atoms with Gasteiger partial charge in [0.05, 0.1) is 0 Å². The molecule has 0 aromatic carbocycles. The molecule has 1 nitrogen and oxygen atoms in total. The lowest BCUT2D eigenvalue weighted by molar-refractivity contribution is -0.141. The minimum absolute atomic E-state index is 0.136. The summed E-state index contributed by atoms with van der Waals surface area (Å²) in [6.45, 7) is 0. The van der Waals surface area contributed by atoms with Gasteiger partial charge in [0.1, 0.15) is 0 Å². The van der Waals surface area contributed by atoms with E-state index in [4.69, 9.17) is 0 Å². The Hall–Kier alpha value is 0.0200. The van der Waals surface area contributed by atoms with Gasteiger partial charge in [0.15, 0.2) is 5.69 Å². The Morgan fingerprint density at radius 1 is 1.46 bits per heavy atom. The molecule has 1 rings (SSSR count). The van der Waals surface area contributed by atoms with Gasteiger partial charge in [0.2, 0.25) is 0 Å². The van der Waals surface area contributed by atoms with Gasteiger partial charge in [-0.15, -0.1) is 11.8 Å². The maximum atomic E-state index is 12.2. The Morgan fingerprint density at radius 3 is 2.46 bits per heavy atom. The zero-order chi connectivity index (χ0) is 10.1. The summed E-state index contributed by atoms with van der Waals surface area (Å²) >= 11 is 3.01. The predicted octanol–water partition coefficient (Wildman–Crippen LogP) is 3.43. The average molecular weight is 319 g/mol. The molecule has 0 N–H and O–H groups in total. The minimum Gasteiger partial charge on any atom is -0.250 e. The van der Waals surface area contributed by atoms with Gasteiger partial charge in [0.25, 0.3) is 0 Å². The molecule has 1 aromatic rings. The van der Waals surface area contributed by atoms with Crippen LogP contribution in [0.15, 0.2) is 17.2 Å². The molecule has 0 fully saturated rings. The number of thioether (sulfide) groups is 1. The monoisotopic (exact) mass is 319 g/mol. The van der Waals surface area contributed by atoms with Gasteiger partial charge in [-0.1, -0.05) is 0 Å². The second kappa shape index (κ2) is 4.04. The van der Waals surface area contributed by atoms with Crippen LogP contribution in [0.4, 0.5) is 13.2 Å². The summed E-state index contributed by atoms with van der Waals surface area (Å²) in [6.07, 6.45) is -1.33. The Morgan fingerprint density at radius 2 is 2.08 bits per heavy atom. The summed E-state index contributed by atoms with van der Waals surface area (Å²) in [5.41, 5.74) is -0.814. The summed E-state index contributed by atoms with van der Waals surface area (Å²) in [7, 11) is 0. The molecule has 0 radical (unpaired) electrons. The van der Waals surface area contributed by atoms with Crippen LogP contribution in [0.2, 0.25) is 0 Å². The van der Waals surface area contributed by atoms with Crippen molar-refractivity contribution in [1.29, 1.82) is 0 Å². The number of aromatic nitrogens is 1. The Labute approximate surface area is 91.3 Å². The normalized spacial score (nSPS) is 11.8. The molecule has 1 heterocycles. The summed E-state index contributed by atoms with van der Waals surface area (Å²) in [5, 5.41) is 0. The molecule has 6 heteroatoms. The van der Waals surface area contributed by atoms with Gasteiger partial charge in [0, 0.05) is 14.7 Å². The van der Waals surface area contributed by atoms with Crippen LogP contribution in [-0.2, 0) is 6.18 Å². The van der Waals surface area contributed by atoms with Crippen LogP contribution in [0, 0.1) is 3.57 Å². The highest BCUT2D eigenvalue weighted by Gasteiger charge is 2.34. The molecule has 0 aliphatic rings. The van der Waals surface area contributed by atoms with Gasteiger partial charge in [-0.25, -0.2) is 4.98 Å². The van der Waals surface area contributed by atoms with Gasteiger partial charge in [-0.2, -0.15) is 13.2 Å². The molecule has 0 saturated heterocycles. The SMILES string of the molecule is CSc1cnc(C(F)(F)F)c(I)c1. The van der Waals surface area contributed by atoms with E-state index in [0.29, 0.717) is 0 Å². The van der Waals surface area contributed by atoms with Crippen LogP contribution in [-0.4, -0.2) is 11.2 Å². The summed E-state index contributed by atoms with van der Waals surface area (Å²) < 4.78 is 36.8. The second-order valence-corrected chi connectivity index (χ2v) is 4.25. The lowest BCUT2D eigenvalue weighted by atomic mass is 10.3. The zero-order valence-electron chi connectivity index (χ0n) is 6.52. The van der Waals surface area contributed by atoms with E-state index in [-0.39, 0.29) is 3.57 Å². The van der Waals surface area contributed by atoms with E-state index in [2.05, 4.69) is 4.98 Å². The van der Waals surface area contributed by atoms with Crippen molar-refractivity contribution in [1.82, 2.24) is 4.98 Å². The smallest absolute Gasteiger partial charge is 0.250 e. The van der Waals surface area contributed by atoms with Crippen molar-refractivity contribution in [2.24, 2.45) is 0 Å². The first kappa shape index (κ1) is 11.1. The maximum absolute atomic E-state index is 12.2. The fourth-order valence-electron chi connectivity index (χ4n) is 0.741.